The Bertz CT molecular complexity index is 373. The fourth-order valence-corrected chi connectivity index (χ4v) is 2.61. The predicted molar refractivity (Wildman–Crippen MR) is 71.1 cm³/mol. The van der Waals surface area contributed by atoms with Gasteiger partial charge in [-0.25, -0.2) is 0 Å². The lowest BCUT2D eigenvalue weighted by molar-refractivity contribution is 0.159. The molecule has 2 nitrogen and oxygen atoms in total. The van der Waals surface area contributed by atoms with Gasteiger partial charge in [-0.1, -0.05) is 18.2 Å². The number of fused-ring (bicyclic) bond motifs is 1. The van der Waals surface area contributed by atoms with Gasteiger partial charge in [-0.2, -0.15) is 0 Å². The minimum absolute atomic E-state index is 0.239. The molecule has 1 aliphatic carbocycles. The van der Waals surface area contributed by atoms with Crippen LogP contribution in [0.25, 0.3) is 0 Å². The molecule has 0 heterocycles. The highest BCUT2D eigenvalue weighted by molar-refractivity contribution is 5.35. The molecule has 0 amide bonds. The van der Waals surface area contributed by atoms with E-state index in [1.807, 2.05) is 0 Å². The number of hydrogen-bond acceptors (Lipinski definition) is 2. The Hall–Kier alpha value is -0.860. The average molecular weight is 233 g/mol. The summed E-state index contributed by atoms with van der Waals surface area (Å²) in [6, 6.07) is 7.37. The van der Waals surface area contributed by atoms with Crippen LogP contribution in [-0.2, 0) is 19.4 Å². The van der Waals surface area contributed by atoms with Crippen LogP contribution in [0.15, 0.2) is 18.2 Å². The van der Waals surface area contributed by atoms with Gasteiger partial charge >= 0.3 is 0 Å². The van der Waals surface area contributed by atoms with Gasteiger partial charge in [0.1, 0.15) is 0 Å². The van der Waals surface area contributed by atoms with Crippen molar-refractivity contribution in [3.05, 3.63) is 34.9 Å². The van der Waals surface area contributed by atoms with E-state index in [2.05, 4.69) is 36.9 Å². The summed E-state index contributed by atoms with van der Waals surface area (Å²) < 4.78 is 0. The summed E-state index contributed by atoms with van der Waals surface area (Å²) in [6.07, 6.45) is 3.80. The van der Waals surface area contributed by atoms with E-state index in [9.17, 15) is 0 Å². The molecule has 2 heteroatoms. The summed E-state index contributed by atoms with van der Waals surface area (Å²) in [5, 5.41) is 9.08. The van der Waals surface area contributed by atoms with Crippen LogP contribution in [0.3, 0.4) is 0 Å². The summed E-state index contributed by atoms with van der Waals surface area (Å²) in [5.41, 5.74) is 4.45. The standard InChI is InChI=1S/C15H23NO/c1-12(2)16(8-9-17)11-13-6-7-14-4-3-5-15(14)10-13/h6-7,10,12,17H,3-5,8-9,11H2,1-2H3. The Morgan fingerprint density at radius 2 is 2.00 bits per heavy atom. The zero-order valence-electron chi connectivity index (χ0n) is 10.9. The van der Waals surface area contributed by atoms with Gasteiger partial charge in [0.25, 0.3) is 0 Å². The lowest BCUT2D eigenvalue weighted by Gasteiger charge is -2.25. The van der Waals surface area contributed by atoms with Gasteiger partial charge in [-0.05, 0) is 49.8 Å². The van der Waals surface area contributed by atoms with Crippen LogP contribution in [0.2, 0.25) is 0 Å². The topological polar surface area (TPSA) is 23.5 Å². The van der Waals surface area contributed by atoms with Crippen molar-refractivity contribution >= 4 is 0 Å². The summed E-state index contributed by atoms with van der Waals surface area (Å²) in [4.78, 5) is 2.32. The quantitative estimate of drug-likeness (QED) is 0.844. The lowest BCUT2D eigenvalue weighted by Crippen LogP contribution is -2.32. The number of benzene rings is 1. The second-order valence-electron chi connectivity index (χ2n) is 5.24. The van der Waals surface area contributed by atoms with E-state index in [0.29, 0.717) is 6.04 Å². The van der Waals surface area contributed by atoms with Crippen molar-refractivity contribution in [2.24, 2.45) is 0 Å². The van der Waals surface area contributed by atoms with Crippen LogP contribution in [0.4, 0.5) is 0 Å². The largest absolute Gasteiger partial charge is 0.395 e. The number of aliphatic hydroxyl groups excluding tert-OH is 1. The molecule has 94 valence electrons. The molecule has 0 bridgehead atoms. The molecule has 1 N–H and O–H groups in total. The number of nitrogens with zero attached hydrogens (tertiary/aromatic N) is 1. The van der Waals surface area contributed by atoms with Crippen molar-refractivity contribution in [2.75, 3.05) is 13.2 Å². The van der Waals surface area contributed by atoms with E-state index in [0.717, 1.165) is 13.1 Å². The van der Waals surface area contributed by atoms with Crippen LogP contribution in [0.1, 0.15) is 37.0 Å². The Labute approximate surface area is 104 Å². The first-order chi connectivity index (χ1) is 8.20. The molecule has 1 aromatic carbocycles. The van der Waals surface area contributed by atoms with E-state index < -0.39 is 0 Å². The van der Waals surface area contributed by atoms with Crippen LogP contribution >= 0.6 is 0 Å². The highest BCUT2D eigenvalue weighted by Crippen LogP contribution is 2.23. The molecule has 0 saturated heterocycles. The van der Waals surface area contributed by atoms with Crippen molar-refractivity contribution in [3.8, 4) is 0 Å². The smallest absolute Gasteiger partial charge is 0.0558 e. The number of aliphatic hydroxyl groups is 1. The van der Waals surface area contributed by atoms with E-state index in [1.165, 1.54) is 36.0 Å². The fraction of sp³-hybridized carbons (Fsp3) is 0.600. The molecule has 0 aliphatic heterocycles. The molecular formula is C15H23NO. The normalized spacial score (nSPS) is 14.6. The van der Waals surface area contributed by atoms with Crippen molar-refractivity contribution in [3.63, 3.8) is 0 Å². The van der Waals surface area contributed by atoms with Crippen molar-refractivity contribution in [1.82, 2.24) is 4.90 Å². The maximum atomic E-state index is 9.08. The molecule has 1 aromatic rings. The van der Waals surface area contributed by atoms with Crippen LogP contribution in [0, 0.1) is 0 Å². The Kier molecular flexibility index (Phi) is 4.19. The zero-order chi connectivity index (χ0) is 12.3. The number of rotatable bonds is 5. The summed E-state index contributed by atoms with van der Waals surface area (Å²) in [5.74, 6) is 0. The fourth-order valence-electron chi connectivity index (χ4n) is 2.61. The molecule has 0 unspecified atom stereocenters. The molecule has 0 saturated carbocycles. The minimum atomic E-state index is 0.239. The van der Waals surface area contributed by atoms with E-state index in [-0.39, 0.29) is 6.61 Å². The van der Waals surface area contributed by atoms with Gasteiger partial charge in [0, 0.05) is 19.1 Å². The molecule has 0 radical (unpaired) electrons. The summed E-state index contributed by atoms with van der Waals surface area (Å²) >= 11 is 0. The Morgan fingerprint density at radius 3 is 2.71 bits per heavy atom. The molecule has 1 aliphatic rings. The molecule has 0 atom stereocenters. The molecule has 0 fully saturated rings. The van der Waals surface area contributed by atoms with Gasteiger partial charge in [-0.15, -0.1) is 0 Å². The van der Waals surface area contributed by atoms with Gasteiger partial charge < -0.3 is 5.11 Å². The van der Waals surface area contributed by atoms with E-state index in [1.54, 1.807) is 0 Å². The van der Waals surface area contributed by atoms with Gasteiger partial charge in [-0.3, -0.25) is 4.90 Å². The first-order valence-corrected chi connectivity index (χ1v) is 6.66. The predicted octanol–water partition coefficient (Wildman–Crippen LogP) is 2.38. The van der Waals surface area contributed by atoms with Crippen molar-refractivity contribution < 1.29 is 5.11 Å². The molecule has 0 spiro atoms. The van der Waals surface area contributed by atoms with Crippen LogP contribution in [-0.4, -0.2) is 29.2 Å². The second kappa shape index (κ2) is 5.65. The monoisotopic (exact) mass is 233 g/mol. The summed E-state index contributed by atoms with van der Waals surface area (Å²) in [7, 11) is 0. The second-order valence-corrected chi connectivity index (χ2v) is 5.24. The number of hydrogen-bond donors (Lipinski definition) is 1. The molecule has 17 heavy (non-hydrogen) atoms. The number of aryl methyl sites for hydroxylation is 2. The highest BCUT2D eigenvalue weighted by atomic mass is 16.3. The Morgan fingerprint density at radius 1 is 1.24 bits per heavy atom. The third kappa shape index (κ3) is 3.08. The molecule has 0 aromatic heterocycles. The first-order valence-electron chi connectivity index (χ1n) is 6.66. The SMILES string of the molecule is CC(C)N(CCO)Cc1ccc2c(c1)CCC2. The maximum Gasteiger partial charge on any atom is 0.0558 e. The average Bonchev–Trinajstić information content (AvgIpc) is 2.75. The zero-order valence-corrected chi connectivity index (χ0v) is 10.9. The highest BCUT2D eigenvalue weighted by Gasteiger charge is 2.13. The minimum Gasteiger partial charge on any atom is -0.395 e. The summed E-state index contributed by atoms with van der Waals surface area (Å²) in [6.45, 7) is 6.31. The van der Waals surface area contributed by atoms with Gasteiger partial charge in [0.05, 0.1) is 6.61 Å². The van der Waals surface area contributed by atoms with Crippen LogP contribution < -0.4 is 0 Å². The molecular weight excluding hydrogens is 210 g/mol. The third-order valence-corrected chi connectivity index (χ3v) is 3.67. The van der Waals surface area contributed by atoms with Gasteiger partial charge in [0.15, 0.2) is 0 Å². The first kappa shape index (κ1) is 12.6. The maximum absolute atomic E-state index is 9.08. The van der Waals surface area contributed by atoms with Gasteiger partial charge in [0.2, 0.25) is 0 Å². The lowest BCUT2D eigenvalue weighted by atomic mass is 10.1. The Balaban J connectivity index is 2.07. The van der Waals surface area contributed by atoms with E-state index >= 15 is 0 Å². The van der Waals surface area contributed by atoms with Crippen LogP contribution in [0.5, 0.6) is 0 Å². The third-order valence-electron chi connectivity index (χ3n) is 3.67. The van der Waals surface area contributed by atoms with E-state index in [4.69, 9.17) is 5.11 Å². The van der Waals surface area contributed by atoms with Crippen molar-refractivity contribution in [2.45, 2.75) is 45.7 Å². The molecule has 2 rings (SSSR count). The van der Waals surface area contributed by atoms with Crippen molar-refractivity contribution in [1.29, 1.82) is 0 Å².